The number of benzene rings is 2. The molecule has 0 spiro atoms. The fraction of sp³-hybridized carbons (Fsp3) is 0.125. The van der Waals surface area contributed by atoms with Crippen LogP contribution in [-0.4, -0.2) is 32.9 Å². The third kappa shape index (κ3) is 4.40. The maximum Gasteiger partial charge on any atom is 0.345 e. The standard InChI is InChI=1S/C24H21N3O4/c1-15-11-17(8-9-22(15)28)21-13-20(25-24(30)26-21)16-5-3-6-18(12-16)23(29)27(2)14-19-7-4-10-31-19/h3-13,28H,14H2,1-2H3,(H,25,26,30). The second kappa shape index (κ2) is 8.31. The minimum atomic E-state index is -0.495. The molecule has 0 unspecified atom stereocenters. The molecule has 2 aromatic carbocycles. The number of nitrogens with one attached hydrogen (secondary N) is 1. The van der Waals surface area contributed by atoms with E-state index in [0.717, 1.165) is 5.56 Å². The van der Waals surface area contributed by atoms with Gasteiger partial charge in [0.2, 0.25) is 0 Å². The van der Waals surface area contributed by atoms with Crippen molar-refractivity contribution in [1.29, 1.82) is 0 Å². The van der Waals surface area contributed by atoms with E-state index >= 15 is 0 Å². The molecule has 0 saturated carbocycles. The molecule has 2 N–H and O–H groups in total. The van der Waals surface area contributed by atoms with Crippen molar-refractivity contribution in [3.63, 3.8) is 0 Å². The predicted molar refractivity (Wildman–Crippen MR) is 117 cm³/mol. The number of hydrogen-bond donors (Lipinski definition) is 2. The number of hydrogen-bond acceptors (Lipinski definition) is 5. The monoisotopic (exact) mass is 415 g/mol. The van der Waals surface area contributed by atoms with E-state index in [2.05, 4.69) is 9.97 Å². The van der Waals surface area contributed by atoms with Crippen molar-refractivity contribution in [1.82, 2.24) is 14.9 Å². The third-order valence-electron chi connectivity index (χ3n) is 4.98. The molecule has 0 saturated heterocycles. The highest BCUT2D eigenvalue weighted by Gasteiger charge is 2.15. The summed E-state index contributed by atoms with van der Waals surface area (Å²) < 4.78 is 5.31. The largest absolute Gasteiger partial charge is 0.508 e. The third-order valence-corrected chi connectivity index (χ3v) is 4.98. The highest BCUT2D eigenvalue weighted by molar-refractivity contribution is 5.95. The second-order valence-corrected chi connectivity index (χ2v) is 7.31. The molecule has 4 rings (SSSR count). The average Bonchev–Trinajstić information content (AvgIpc) is 3.27. The summed E-state index contributed by atoms with van der Waals surface area (Å²) in [4.78, 5) is 33.4. The molecule has 0 fully saturated rings. The molecule has 0 aliphatic carbocycles. The zero-order valence-electron chi connectivity index (χ0n) is 17.1. The van der Waals surface area contributed by atoms with E-state index in [1.165, 1.54) is 0 Å². The van der Waals surface area contributed by atoms with Gasteiger partial charge in [0.05, 0.1) is 24.2 Å². The Bertz CT molecular complexity index is 1290. The quantitative estimate of drug-likeness (QED) is 0.514. The summed E-state index contributed by atoms with van der Waals surface area (Å²) in [5, 5.41) is 9.76. The Morgan fingerprint density at radius 3 is 2.68 bits per heavy atom. The second-order valence-electron chi connectivity index (χ2n) is 7.31. The Balaban J connectivity index is 1.66. The van der Waals surface area contributed by atoms with Crippen LogP contribution in [0.25, 0.3) is 22.5 Å². The SMILES string of the molecule is Cc1cc(-c2cc(-c3cccc(C(=O)N(C)Cc4ccco4)c3)nc(=O)[nH]2)ccc1O. The lowest BCUT2D eigenvalue weighted by Crippen LogP contribution is -2.26. The summed E-state index contributed by atoms with van der Waals surface area (Å²) in [5.41, 5.74) is 3.11. The molecule has 156 valence electrons. The van der Waals surface area contributed by atoms with Crippen LogP contribution in [0.3, 0.4) is 0 Å². The number of rotatable bonds is 5. The fourth-order valence-corrected chi connectivity index (χ4v) is 3.32. The van der Waals surface area contributed by atoms with Crippen molar-refractivity contribution < 1.29 is 14.3 Å². The van der Waals surface area contributed by atoms with Crippen LogP contribution in [0.5, 0.6) is 5.75 Å². The minimum absolute atomic E-state index is 0.169. The number of furan rings is 1. The zero-order valence-corrected chi connectivity index (χ0v) is 17.1. The van der Waals surface area contributed by atoms with Gasteiger partial charge in [0.1, 0.15) is 11.5 Å². The first-order valence-corrected chi connectivity index (χ1v) is 9.70. The number of amides is 1. The van der Waals surface area contributed by atoms with Crippen LogP contribution < -0.4 is 5.69 Å². The van der Waals surface area contributed by atoms with Crippen molar-refractivity contribution in [2.24, 2.45) is 0 Å². The first-order chi connectivity index (χ1) is 14.9. The maximum atomic E-state index is 12.9. The average molecular weight is 415 g/mol. The molecule has 31 heavy (non-hydrogen) atoms. The Hall–Kier alpha value is -4.13. The summed E-state index contributed by atoms with van der Waals surface area (Å²) >= 11 is 0. The van der Waals surface area contributed by atoms with E-state index in [1.807, 2.05) is 6.07 Å². The molecule has 7 nitrogen and oxygen atoms in total. The van der Waals surface area contributed by atoms with Gasteiger partial charge < -0.3 is 19.4 Å². The van der Waals surface area contributed by atoms with Gasteiger partial charge in [-0.3, -0.25) is 4.79 Å². The van der Waals surface area contributed by atoms with Gasteiger partial charge in [-0.1, -0.05) is 12.1 Å². The molecule has 1 amide bonds. The highest BCUT2D eigenvalue weighted by atomic mass is 16.3. The number of H-pyrrole nitrogens is 1. The van der Waals surface area contributed by atoms with E-state index in [4.69, 9.17) is 4.42 Å². The number of aromatic hydroxyl groups is 1. The molecule has 0 aliphatic heterocycles. The van der Waals surface area contributed by atoms with Crippen LogP contribution in [0.2, 0.25) is 0 Å². The molecule has 0 radical (unpaired) electrons. The lowest BCUT2D eigenvalue weighted by molar-refractivity contribution is 0.0775. The Kier molecular flexibility index (Phi) is 5.41. The van der Waals surface area contributed by atoms with Crippen LogP contribution in [0.4, 0.5) is 0 Å². The van der Waals surface area contributed by atoms with Gasteiger partial charge in [0.25, 0.3) is 5.91 Å². The van der Waals surface area contributed by atoms with Crippen LogP contribution in [0, 0.1) is 6.92 Å². The summed E-state index contributed by atoms with van der Waals surface area (Å²) in [6, 6.07) is 17.4. The molecule has 0 bridgehead atoms. The van der Waals surface area contributed by atoms with Gasteiger partial charge in [0.15, 0.2) is 0 Å². The molecule has 2 heterocycles. The van der Waals surface area contributed by atoms with Crippen molar-refractivity contribution in [2.75, 3.05) is 7.05 Å². The van der Waals surface area contributed by atoms with Gasteiger partial charge in [-0.15, -0.1) is 0 Å². The smallest absolute Gasteiger partial charge is 0.345 e. The lowest BCUT2D eigenvalue weighted by atomic mass is 10.0. The number of nitrogens with zero attached hydrogens (tertiary/aromatic N) is 2. The van der Waals surface area contributed by atoms with Crippen LogP contribution in [-0.2, 0) is 6.54 Å². The molecular weight excluding hydrogens is 394 g/mol. The van der Waals surface area contributed by atoms with E-state index in [0.29, 0.717) is 40.4 Å². The number of phenols is 1. The fourth-order valence-electron chi connectivity index (χ4n) is 3.32. The highest BCUT2D eigenvalue weighted by Crippen LogP contribution is 2.26. The first kappa shape index (κ1) is 20.2. The summed E-state index contributed by atoms with van der Waals surface area (Å²) in [6.45, 7) is 2.14. The van der Waals surface area contributed by atoms with Crippen LogP contribution >= 0.6 is 0 Å². The van der Waals surface area contributed by atoms with E-state index in [1.54, 1.807) is 79.7 Å². The zero-order chi connectivity index (χ0) is 22.0. The van der Waals surface area contributed by atoms with Crippen molar-refractivity contribution in [3.8, 4) is 28.3 Å². The van der Waals surface area contributed by atoms with Gasteiger partial charge in [-0.25, -0.2) is 4.79 Å². The Morgan fingerprint density at radius 2 is 1.94 bits per heavy atom. The van der Waals surface area contributed by atoms with E-state index in [9.17, 15) is 14.7 Å². The van der Waals surface area contributed by atoms with Crippen molar-refractivity contribution >= 4 is 5.91 Å². The van der Waals surface area contributed by atoms with Crippen LogP contribution in [0.15, 0.2) is 76.1 Å². The summed E-state index contributed by atoms with van der Waals surface area (Å²) in [5.74, 6) is 0.708. The molecular formula is C24H21N3O4. The maximum absolute atomic E-state index is 12.9. The molecule has 0 atom stereocenters. The number of carbonyl (C=O) groups is 1. The van der Waals surface area contributed by atoms with Gasteiger partial charge in [-0.05, 0) is 66.6 Å². The van der Waals surface area contributed by atoms with Gasteiger partial charge in [-0.2, -0.15) is 4.98 Å². The predicted octanol–water partition coefficient (Wildman–Crippen LogP) is 3.98. The number of aryl methyl sites for hydroxylation is 1. The molecule has 4 aromatic rings. The van der Waals surface area contributed by atoms with E-state index in [-0.39, 0.29) is 11.7 Å². The normalized spacial score (nSPS) is 10.8. The summed E-state index contributed by atoms with van der Waals surface area (Å²) in [7, 11) is 1.70. The number of aromatic amines is 1. The van der Waals surface area contributed by atoms with Crippen LogP contribution in [0.1, 0.15) is 21.7 Å². The molecule has 7 heteroatoms. The topological polar surface area (TPSA) is 99.4 Å². The Labute approximate surface area is 178 Å². The van der Waals surface area contributed by atoms with Gasteiger partial charge in [0, 0.05) is 18.2 Å². The first-order valence-electron chi connectivity index (χ1n) is 9.70. The number of phenolic OH excluding ortho intramolecular Hbond substituents is 1. The number of aromatic nitrogens is 2. The molecule has 2 aromatic heterocycles. The summed E-state index contributed by atoms with van der Waals surface area (Å²) in [6.07, 6.45) is 1.57. The van der Waals surface area contributed by atoms with Crippen molar-refractivity contribution in [3.05, 3.63) is 94.3 Å². The molecule has 0 aliphatic rings. The van der Waals surface area contributed by atoms with Gasteiger partial charge >= 0.3 is 5.69 Å². The Morgan fingerprint density at radius 1 is 1.10 bits per heavy atom. The van der Waals surface area contributed by atoms with Crippen molar-refractivity contribution in [2.45, 2.75) is 13.5 Å². The lowest BCUT2D eigenvalue weighted by Gasteiger charge is -2.16. The number of carbonyl (C=O) groups excluding carboxylic acids is 1. The van der Waals surface area contributed by atoms with E-state index < -0.39 is 5.69 Å². The minimum Gasteiger partial charge on any atom is -0.508 e.